The molecular formula is C20H20N4O4S. The number of anilines is 1. The molecule has 2 N–H and O–H groups in total. The maximum Gasteiger partial charge on any atom is 0.319 e. The maximum absolute atomic E-state index is 12.7. The van der Waals surface area contributed by atoms with Crippen LogP contribution < -0.4 is 15.4 Å². The Balaban J connectivity index is 1.62. The van der Waals surface area contributed by atoms with Crippen LogP contribution in [-0.4, -0.2) is 31.5 Å². The number of carbonyl (C=O) groups is 1. The average Bonchev–Trinajstić information content (AvgIpc) is 2.73. The molecule has 0 aliphatic carbocycles. The second kappa shape index (κ2) is 9.16. The molecule has 3 rings (SSSR count). The van der Waals surface area contributed by atoms with E-state index >= 15 is 0 Å². The largest absolute Gasteiger partial charge is 0.481 e. The smallest absolute Gasteiger partial charge is 0.319 e. The molecular weight excluding hydrogens is 392 g/mol. The molecule has 0 aliphatic rings. The molecule has 2 aromatic heterocycles. The lowest BCUT2D eigenvalue weighted by Crippen LogP contribution is -2.28. The number of hydrogen-bond acceptors (Lipinski definition) is 6. The number of sulfone groups is 1. The van der Waals surface area contributed by atoms with Gasteiger partial charge in [-0.15, -0.1) is 0 Å². The van der Waals surface area contributed by atoms with Crippen LogP contribution in [0.15, 0.2) is 72.0 Å². The molecule has 8 nitrogen and oxygen atoms in total. The number of ether oxygens (including phenoxy) is 1. The van der Waals surface area contributed by atoms with Gasteiger partial charge in [0.1, 0.15) is 0 Å². The zero-order valence-electron chi connectivity index (χ0n) is 15.7. The number of hydrogen-bond donors (Lipinski definition) is 2. The summed E-state index contributed by atoms with van der Waals surface area (Å²) in [7, 11) is -2.15. The fraction of sp³-hybridized carbons (Fsp3) is 0.150. The Bertz CT molecular complexity index is 1070. The minimum atomic E-state index is -3.59. The number of pyridine rings is 2. The number of aromatic nitrogens is 2. The third-order valence-electron chi connectivity index (χ3n) is 4.04. The summed E-state index contributed by atoms with van der Waals surface area (Å²) in [5, 5.41) is 5.37. The molecule has 0 radical (unpaired) electrons. The molecule has 0 aliphatic heterocycles. The summed E-state index contributed by atoms with van der Waals surface area (Å²) >= 11 is 0. The fourth-order valence-corrected chi connectivity index (χ4v) is 3.96. The van der Waals surface area contributed by atoms with Crippen molar-refractivity contribution in [2.24, 2.45) is 0 Å². The summed E-state index contributed by atoms with van der Waals surface area (Å²) < 4.78 is 30.5. The van der Waals surface area contributed by atoms with Crippen LogP contribution >= 0.6 is 0 Å². The molecule has 2 heterocycles. The summed E-state index contributed by atoms with van der Waals surface area (Å²) in [5.74, 6) is 0.0437. The second-order valence-corrected chi connectivity index (χ2v) is 8.11. The molecule has 2 amide bonds. The fourth-order valence-electron chi connectivity index (χ4n) is 2.61. The molecule has 0 fully saturated rings. The number of methoxy groups -OCH3 is 1. The lowest BCUT2D eigenvalue weighted by atomic mass is 10.3. The highest BCUT2D eigenvalue weighted by atomic mass is 32.2. The third-order valence-corrected chi connectivity index (χ3v) is 5.72. The lowest BCUT2D eigenvalue weighted by molar-refractivity contribution is 0.251. The number of amides is 2. The van der Waals surface area contributed by atoms with E-state index in [1.807, 2.05) is 6.07 Å². The second-order valence-electron chi connectivity index (χ2n) is 6.12. The predicted molar refractivity (Wildman–Crippen MR) is 108 cm³/mol. The Morgan fingerprint density at radius 2 is 1.83 bits per heavy atom. The van der Waals surface area contributed by atoms with Gasteiger partial charge in [-0.25, -0.2) is 18.2 Å². The Labute approximate surface area is 168 Å². The van der Waals surface area contributed by atoms with E-state index in [1.165, 1.54) is 37.6 Å². The van der Waals surface area contributed by atoms with E-state index in [9.17, 15) is 13.2 Å². The molecule has 0 bridgehead atoms. The van der Waals surface area contributed by atoms with Crippen molar-refractivity contribution >= 4 is 21.6 Å². The number of nitrogens with zero attached hydrogens (tertiary/aromatic N) is 2. The van der Waals surface area contributed by atoms with Gasteiger partial charge in [0.25, 0.3) is 0 Å². The van der Waals surface area contributed by atoms with Crippen molar-refractivity contribution in [3.63, 3.8) is 0 Å². The third kappa shape index (κ3) is 5.52. The van der Waals surface area contributed by atoms with Gasteiger partial charge in [-0.2, -0.15) is 0 Å². The van der Waals surface area contributed by atoms with Gasteiger partial charge in [0.15, 0.2) is 9.84 Å². The molecule has 0 saturated heterocycles. The minimum Gasteiger partial charge on any atom is -0.481 e. The SMILES string of the molecule is COc1ncccc1CS(=O)(=O)c1ccc(NC(=O)NCc2cccnc2)cc1. The van der Waals surface area contributed by atoms with Crippen molar-refractivity contribution in [3.8, 4) is 5.88 Å². The van der Waals surface area contributed by atoms with Crippen LogP contribution in [0, 0.1) is 0 Å². The van der Waals surface area contributed by atoms with Gasteiger partial charge in [-0.3, -0.25) is 4.98 Å². The van der Waals surface area contributed by atoms with E-state index in [2.05, 4.69) is 20.6 Å². The van der Waals surface area contributed by atoms with Gasteiger partial charge < -0.3 is 15.4 Å². The number of nitrogens with one attached hydrogen (secondary N) is 2. The summed E-state index contributed by atoms with van der Waals surface area (Å²) in [6, 6.07) is 12.5. The molecule has 3 aromatic rings. The Morgan fingerprint density at radius 3 is 2.52 bits per heavy atom. The topological polar surface area (TPSA) is 110 Å². The molecule has 1 aromatic carbocycles. The van der Waals surface area contributed by atoms with E-state index in [1.54, 1.807) is 30.6 Å². The highest BCUT2D eigenvalue weighted by Gasteiger charge is 2.18. The zero-order valence-corrected chi connectivity index (χ0v) is 16.5. The van der Waals surface area contributed by atoms with E-state index in [0.717, 1.165) is 5.56 Å². The van der Waals surface area contributed by atoms with E-state index in [4.69, 9.17) is 4.74 Å². The average molecular weight is 412 g/mol. The molecule has 9 heteroatoms. The van der Waals surface area contributed by atoms with E-state index < -0.39 is 15.9 Å². The van der Waals surface area contributed by atoms with Crippen LogP contribution in [0.4, 0.5) is 10.5 Å². The first-order valence-corrected chi connectivity index (χ1v) is 10.4. The van der Waals surface area contributed by atoms with Gasteiger partial charge in [0.2, 0.25) is 5.88 Å². The first-order valence-electron chi connectivity index (χ1n) is 8.72. The number of benzene rings is 1. The van der Waals surface area contributed by atoms with Gasteiger partial charge in [-0.1, -0.05) is 12.1 Å². The predicted octanol–water partition coefficient (Wildman–Crippen LogP) is 2.78. The van der Waals surface area contributed by atoms with Crippen LogP contribution in [0.3, 0.4) is 0 Å². The van der Waals surface area contributed by atoms with Crippen molar-refractivity contribution in [2.45, 2.75) is 17.2 Å². The summed E-state index contributed by atoms with van der Waals surface area (Å²) in [4.78, 5) is 20.1. The van der Waals surface area contributed by atoms with Gasteiger partial charge in [-0.05, 0) is 42.0 Å². The quantitative estimate of drug-likeness (QED) is 0.617. The number of urea groups is 1. The summed E-state index contributed by atoms with van der Waals surface area (Å²) in [5.41, 5.74) is 1.83. The van der Waals surface area contributed by atoms with Crippen LogP contribution in [0.2, 0.25) is 0 Å². The van der Waals surface area contributed by atoms with Gasteiger partial charge in [0, 0.05) is 36.4 Å². The number of carbonyl (C=O) groups excluding carboxylic acids is 1. The molecule has 150 valence electrons. The van der Waals surface area contributed by atoms with Crippen LogP contribution in [0.25, 0.3) is 0 Å². The zero-order chi connectivity index (χ0) is 20.7. The van der Waals surface area contributed by atoms with E-state index in [0.29, 0.717) is 17.8 Å². The first-order chi connectivity index (χ1) is 14.0. The highest BCUT2D eigenvalue weighted by Crippen LogP contribution is 2.22. The Kier molecular flexibility index (Phi) is 6.40. The summed E-state index contributed by atoms with van der Waals surface area (Å²) in [6.45, 7) is 0.332. The van der Waals surface area contributed by atoms with Crippen molar-refractivity contribution in [2.75, 3.05) is 12.4 Å². The minimum absolute atomic E-state index is 0.143. The van der Waals surface area contributed by atoms with Crippen LogP contribution in [0.5, 0.6) is 5.88 Å². The molecule has 0 atom stereocenters. The summed E-state index contributed by atoms with van der Waals surface area (Å²) in [6.07, 6.45) is 4.86. The Morgan fingerprint density at radius 1 is 1.07 bits per heavy atom. The van der Waals surface area contributed by atoms with Crippen molar-refractivity contribution in [1.82, 2.24) is 15.3 Å². The van der Waals surface area contributed by atoms with E-state index in [-0.39, 0.29) is 16.5 Å². The van der Waals surface area contributed by atoms with Gasteiger partial charge in [0.05, 0.1) is 17.8 Å². The Hall–Kier alpha value is -3.46. The maximum atomic E-state index is 12.7. The molecule has 0 unspecified atom stereocenters. The lowest BCUT2D eigenvalue weighted by Gasteiger charge is -2.10. The van der Waals surface area contributed by atoms with Crippen LogP contribution in [-0.2, 0) is 22.1 Å². The monoisotopic (exact) mass is 412 g/mol. The van der Waals surface area contributed by atoms with Crippen LogP contribution in [0.1, 0.15) is 11.1 Å². The highest BCUT2D eigenvalue weighted by molar-refractivity contribution is 7.90. The number of rotatable bonds is 7. The standard InChI is InChI=1S/C20H20N4O4S/c1-28-19-16(5-3-11-22-19)14-29(26,27)18-8-6-17(7-9-18)24-20(25)23-13-15-4-2-10-21-12-15/h2-12H,13-14H2,1H3,(H2,23,24,25). The van der Waals surface area contributed by atoms with Gasteiger partial charge >= 0.3 is 6.03 Å². The molecule has 29 heavy (non-hydrogen) atoms. The van der Waals surface area contributed by atoms with Crippen molar-refractivity contribution < 1.29 is 17.9 Å². The normalized spacial score (nSPS) is 10.9. The molecule has 0 saturated carbocycles. The molecule has 0 spiro atoms. The van der Waals surface area contributed by atoms with Crippen molar-refractivity contribution in [1.29, 1.82) is 0 Å². The van der Waals surface area contributed by atoms with Crippen molar-refractivity contribution in [3.05, 3.63) is 78.2 Å². The first kappa shape index (κ1) is 20.3.